The second kappa shape index (κ2) is 8.72. The summed E-state index contributed by atoms with van der Waals surface area (Å²) in [4.78, 5) is 14.2. The first-order valence-corrected chi connectivity index (χ1v) is 9.88. The average Bonchev–Trinajstić information content (AvgIpc) is 2.63. The van der Waals surface area contributed by atoms with Crippen molar-refractivity contribution >= 4 is 21.7 Å². The number of carbonyl (C=O) groups is 1. The van der Waals surface area contributed by atoms with Crippen molar-refractivity contribution in [2.24, 2.45) is 5.14 Å². The van der Waals surface area contributed by atoms with Crippen LogP contribution in [-0.2, 0) is 16.4 Å². The molecule has 8 nitrogen and oxygen atoms in total. The van der Waals surface area contributed by atoms with Gasteiger partial charge in [0.2, 0.25) is 10.0 Å². The van der Waals surface area contributed by atoms with E-state index in [-0.39, 0.29) is 16.5 Å². The van der Waals surface area contributed by atoms with Crippen LogP contribution in [0.4, 0.5) is 5.82 Å². The third kappa shape index (κ3) is 5.24. The highest BCUT2D eigenvalue weighted by atomic mass is 32.2. The highest BCUT2D eigenvalue weighted by molar-refractivity contribution is 7.89. The van der Waals surface area contributed by atoms with Crippen LogP contribution in [-0.4, -0.2) is 44.2 Å². The Morgan fingerprint density at radius 3 is 2.23 bits per heavy atom. The van der Waals surface area contributed by atoms with Crippen molar-refractivity contribution in [1.29, 1.82) is 0 Å². The van der Waals surface area contributed by atoms with Crippen LogP contribution >= 0.6 is 0 Å². The number of hydrogen-bond donors (Lipinski definition) is 2. The third-order valence-electron chi connectivity index (χ3n) is 3.92. The summed E-state index contributed by atoms with van der Waals surface area (Å²) in [6, 6.07) is 9.67. The number of rotatable bonds is 8. The van der Waals surface area contributed by atoms with E-state index >= 15 is 0 Å². The van der Waals surface area contributed by atoms with E-state index in [2.05, 4.69) is 15.5 Å². The monoisotopic (exact) mass is 377 g/mol. The predicted molar refractivity (Wildman–Crippen MR) is 99.4 cm³/mol. The van der Waals surface area contributed by atoms with Gasteiger partial charge in [-0.1, -0.05) is 12.1 Å². The summed E-state index contributed by atoms with van der Waals surface area (Å²) in [5.41, 5.74) is 1.14. The van der Waals surface area contributed by atoms with E-state index in [1.54, 1.807) is 24.3 Å². The fourth-order valence-electron chi connectivity index (χ4n) is 2.42. The van der Waals surface area contributed by atoms with Crippen LogP contribution in [0.2, 0.25) is 0 Å². The standard InChI is InChI=1S/C17H23N5O3S/c1-3-22(4-2)16-10-9-15(20-21-16)17(23)19-12-11-13-5-7-14(8-6-13)26(18,24)25/h5-10H,3-4,11-12H2,1-2H3,(H,19,23)(H2,18,24,25). The minimum Gasteiger partial charge on any atom is -0.356 e. The summed E-state index contributed by atoms with van der Waals surface area (Å²) in [5, 5.41) is 15.9. The maximum absolute atomic E-state index is 12.1. The van der Waals surface area contributed by atoms with Crippen molar-refractivity contribution < 1.29 is 13.2 Å². The van der Waals surface area contributed by atoms with Crippen LogP contribution < -0.4 is 15.4 Å². The largest absolute Gasteiger partial charge is 0.356 e. The van der Waals surface area contributed by atoms with E-state index in [0.29, 0.717) is 13.0 Å². The lowest BCUT2D eigenvalue weighted by atomic mass is 10.1. The summed E-state index contributed by atoms with van der Waals surface area (Å²) in [6.45, 7) is 6.09. The van der Waals surface area contributed by atoms with Gasteiger partial charge in [0.05, 0.1) is 4.90 Å². The summed E-state index contributed by atoms with van der Waals surface area (Å²) in [5.74, 6) is 0.436. The first kappa shape index (κ1) is 19.8. The Morgan fingerprint density at radius 2 is 1.73 bits per heavy atom. The van der Waals surface area contributed by atoms with Crippen LogP contribution in [0.3, 0.4) is 0 Å². The molecule has 0 unspecified atom stereocenters. The lowest BCUT2D eigenvalue weighted by Gasteiger charge is -2.18. The molecule has 140 valence electrons. The molecular weight excluding hydrogens is 354 g/mol. The molecule has 9 heteroatoms. The molecule has 2 rings (SSSR count). The zero-order valence-corrected chi connectivity index (χ0v) is 15.7. The first-order chi connectivity index (χ1) is 12.3. The predicted octanol–water partition coefficient (Wildman–Crippen LogP) is 0.943. The molecule has 26 heavy (non-hydrogen) atoms. The van der Waals surface area contributed by atoms with Gasteiger partial charge < -0.3 is 10.2 Å². The van der Waals surface area contributed by atoms with Gasteiger partial charge in [0.1, 0.15) is 0 Å². The minimum absolute atomic E-state index is 0.0638. The number of benzene rings is 1. The number of sulfonamides is 1. The van der Waals surface area contributed by atoms with Gasteiger partial charge in [-0.05, 0) is 50.1 Å². The molecule has 1 amide bonds. The fourth-order valence-corrected chi connectivity index (χ4v) is 2.93. The van der Waals surface area contributed by atoms with Crippen LogP contribution in [0, 0.1) is 0 Å². The minimum atomic E-state index is -3.69. The van der Waals surface area contributed by atoms with Crippen LogP contribution in [0.1, 0.15) is 29.9 Å². The molecular formula is C17H23N5O3S. The highest BCUT2D eigenvalue weighted by Crippen LogP contribution is 2.10. The Bertz CT molecular complexity index is 832. The van der Waals surface area contributed by atoms with E-state index in [0.717, 1.165) is 24.5 Å². The van der Waals surface area contributed by atoms with Crippen LogP contribution in [0.15, 0.2) is 41.3 Å². The maximum atomic E-state index is 12.1. The van der Waals surface area contributed by atoms with Crippen LogP contribution in [0.5, 0.6) is 0 Å². The number of amides is 1. The molecule has 0 spiro atoms. The highest BCUT2D eigenvalue weighted by Gasteiger charge is 2.10. The molecule has 0 atom stereocenters. The van der Waals surface area contributed by atoms with Gasteiger partial charge >= 0.3 is 0 Å². The molecule has 1 heterocycles. The van der Waals surface area contributed by atoms with E-state index in [9.17, 15) is 13.2 Å². The number of nitrogens with zero attached hydrogens (tertiary/aromatic N) is 3. The van der Waals surface area contributed by atoms with E-state index < -0.39 is 10.0 Å². The topological polar surface area (TPSA) is 118 Å². The average molecular weight is 377 g/mol. The Kier molecular flexibility index (Phi) is 6.64. The van der Waals surface area contributed by atoms with Crippen molar-refractivity contribution in [3.63, 3.8) is 0 Å². The molecule has 0 bridgehead atoms. The zero-order chi connectivity index (χ0) is 19.2. The van der Waals surface area contributed by atoms with Crippen molar-refractivity contribution in [1.82, 2.24) is 15.5 Å². The van der Waals surface area contributed by atoms with E-state index in [1.165, 1.54) is 12.1 Å². The summed E-state index contributed by atoms with van der Waals surface area (Å²) in [7, 11) is -3.69. The van der Waals surface area contributed by atoms with Gasteiger partial charge in [0.15, 0.2) is 11.5 Å². The molecule has 1 aromatic heterocycles. The van der Waals surface area contributed by atoms with E-state index in [1.807, 2.05) is 18.7 Å². The molecule has 1 aromatic carbocycles. The number of aromatic nitrogens is 2. The van der Waals surface area contributed by atoms with Crippen molar-refractivity contribution in [3.8, 4) is 0 Å². The Hall–Kier alpha value is -2.52. The number of hydrogen-bond acceptors (Lipinski definition) is 6. The number of carbonyl (C=O) groups excluding carboxylic acids is 1. The number of anilines is 1. The second-order valence-electron chi connectivity index (χ2n) is 5.64. The smallest absolute Gasteiger partial charge is 0.271 e. The molecule has 0 aliphatic carbocycles. The molecule has 0 saturated carbocycles. The molecule has 0 aliphatic heterocycles. The zero-order valence-electron chi connectivity index (χ0n) is 14.8. The molecule has 0 saturated heterocycles. The molecule has 0 fully saturated rings. The number of primary sulfonamides is 1. The van der Waals surface area contributed by atoms with Gasteiger partial charge in [0, 0.05) is 19.6 Å². The lowest BCUT2D eigenvalue weighted by Crippen LogP contribution is -2.28. The van der Waals surface area contributed by atoms with Crippen molar-refractivity contribution in [3.05, 3.63) is 47.7 Å². The Morgan fingerprint density at radius 1 is 1.08 bits per heavy atom. The molecule has 2 aromatic rings. The normalized spacial score (nSPS) is 11.2. The first-order valence-electron chi connectivity index (χ1n) is 8.33. The number of nitrogens with two attached hydrogens (primary N) is 1. The van der Waals surface area contributed by atoms with Crippen LogP contribution in [0.25, 0.3) is 0 Å². The quantitative estimate of drug-likeness (QED) is 0.707. The SMILES string of the molecule is CCN(CC)c1ccc(C(=O)NCCc2ccc(S(N)(=O)=O)cc2)nn1. The third-order valence-corrected chi connectivity index (χ3v) is 4.85. The Balaban J connectivity index is 1.88. The lowest BCUT2D eigenvalue weighted by molar-refractivity contribution is 0.0948. The van der Waals surface area contributed by atoms with Gasteiger partial charge in [0.25, 0.3) is 5.91 Å². The van der Waals surface area contributed by atoms with Gasteiger partial charge in [-0.2, -0.15) is 0 Å². The fraction of sp³-hybridized carbons (Fsp3) is 0.353. The Labute approximate surface area is 153 Å². The number of nitrogens with one attached hydrogen (secondary N) is 1. The summed E-state index contributed by atoms with van der Waals surface area (Å²) >= 11 is 0. The van der Waals surface area contributed by atoms with Gasteiger partial charge in [-0.15, -0.1) is 10.2 Å². The maximum Gasteiger partial charge on any atom is 0.271 e. The van der Waals surface area contributed by atoms with Crippen molar-refractivity contribution in [2.75, 3.05) is 24.5 Å². The summed E-state index contributed by atoms with van der Waals surface area (Å²) in [6.07, 6.45) is 0.557. The van der Waals surface area contributed by atoms with E-state index in [4.69, 9.17) is 5.14 Å². The summed E-state index contributed by atoms with van der Waals surface area (Å²) < 4.78 is 22.4. The second-order valence-corrected chi connectivity index (χ2v) is 7.21. The molecule has 0 radical (unpaired) electrons. The van der Waals surface area contributed by atoms with Gasteiger partial charge in [-0.3, -0.25) is 4.79 Å². The molecule has 0 aliphatic rings. The molecule has 3 N–H and O–H groups in total. The van der Waals surface area contributed by atoms with Gasteiger partial charge in [-0.25, -0.2) is 13.6 Å². The van der Waals surface area contributed by atoms with Crippen molar-refractivity contribution in [2.45, 2.75) is 25.2 Å².